The molecule has 7 nitrogen and oxygen atoms in total. The van der Waals surface area contributed by atoms with Crippen molar-refractivity contribution in [2.45, 2.75) is 31.2 Å². The van der Waals surface area contributed by atoms with Crippen LogP contribution >= 0.6 is 0 Å². The Morgan fingerprint density at radius 1 is 1.45 bits per heavy atom. The van der Waals surface area contributed by atoms with E-state index >= 15 is 0 Å². The van der Waals surface area contributed by atoms with Crippen LogP contribution in [0.2, 0.25) is 0 Å². The van der Waals surface area contributed by atoms with Crippen LogP contribution in [-0.2, 0) is 28.5 Å². The van der Waals surface area contributed by atoms with Gasteiger partial charge in [0.15, 0.2) is 18.2 Å². The Hall–Kier alpha value is -1.70. The zero-order valence-electron chi connectivity index (χ0n) is 12.1. The van der Waals surface area contributed by atoms with Gasteiger partial charge in [-0.05, 0) is 13.0 Å². The number of ether oxygens (including phenoxy) is 4. The van der Waals surface area contributed by atoms with Crippen molar-refractivity contribution < 1.29 is 33.6 Å². The Morgan fingerprint density at radius 3 is 2.91 bits per heavy atom. The van der Waals surface area contributed by atoms with Gasteiger partial charge in [0.05, 0.1) is 18.6 Å². The summed E-state index contributed by atoms with van der Waals surface area (Å²) in [6.07, 6.45) is 2.59. The van der Waals surface area contributed by atoms with Crippen molar-refractivity contribution in [3.8, 4) is 0 Å². The summed E-state index contributed by atoms with van der Waals surface area (Å²) in [5.41, 5.74) is -0.520. The highest BCUT2D eigenvalue weighted by Crippen LogP contribution is 2.59. The Labute approximate surface area is 126 Å². The lowest BCUT2D eigenvalue weighted by Gasteiger charge is -2.39. The van der Waals surface area contributed by atoms with Crippen LogP contribution < -0.4 is 0 Å². The van der Waals surface area contributed by atoms with Gasteiger partial charge in [0.2, 0.25) is 0 Å². The molecule has 4 rings (SSSR count). The largest absolute Gasteiger partial charge is 0.469 e. The highest BCUT2D eigenvalue weighted by molar-refractivity contribution is 5.93. The number of esters is 2. The van der Waals surface area contributed by atoms with Gasteiger partial charge in [-0.3, -0.25) is 4.79 Å². The number of carbonyl (C=O) groups excluding carboxylic acids is 2. The van der Waals surface area contributed by atoms with Gasteiger partial charge in [0, 0.05) is 5.92 Å². The maximum Gasteiger partial charge on any atom is 0.337 e. The van der Waals surface area contributed by atoms with Crippen LogP contribution in [-0.4, -0.2) is 48.4 Å². The van der Waals surface area contributed by atoms with E-state index < -0.39 is 42.1 Å². The number of carbonyl (C=O) groups is 2. The first kappa shape index (κ1) is 13.9. The fourth-order valence-corrected chi connectivity index (χ4v) is 4.12. The molecule has 3 saturated heterocycles. The maximum absolute atomic E-state index is 12.0. The van der Waals surface area contributed by atoms with E-state index in [9.17, 15) is 14.7 Å². The molecule has 3 fully saturated rings. The molecule has 0 aromatic rings. The number of rotatable bonds is 1. The van der Waals surface area contributed by atoms with Crippen molar-refractivity contribution in [2.24, 2.45) is 17.8 Å². The third-order valence-electron chi connectivity index (χ3n) is 5.06. The Morgan fingerprint density at radius 2 is 2.23 bits per heavy atom. The molecule has 22 heavy (non-hydrogen) atoms. The summed E-state index contributed by atoms with van der Waals surface area (Å²) < 4.78 is 21.6. The molecular weight excluding hydrogens is 292 g/mol. The Kier molecular flexibility index (Phi) is 2.79. The molecule has 1 spiro atoms. The first-order valence-corrected chi connectivity index (χ1v) is 7.19. The molecule has 0 saturated carbocycles. The average molecular weight is 308 g/mol. The monoisotopic (exact) mass is 308 g/mol. The van der Waals surface area contributed by atoms with Crippen LogP contribution in [0.4, 0.5) is 0 Å². The molecule has 0 radical (unpaired) electrons. The minimum absolute atomic E-state index is 0.366. The van der Waals surface area contributed by atoms with E-state index in [1.165, 1.54) is 7.11 Å². The van der Waals surface area contributed by atoms with Crippen molar-refractivity contribution in [2.75, 3.05) is 7.11 Å². The van der Waals surface area contributed by atoms with Crippen molar-refractivity contribution in [1.82, 2.24) is 0 Å². The van der Waals surface area contributed by atoms with E-state index in [1.54, 1.807) is 25.2 Å². The van der Waals surface area contributed by atoms with E-state index in [4.69, 9.17) is 18.9 Å². The lowest BCUT2D eigenvalue weighted by atomic mass is 9.75. The number of hydrogen-bond acceptors (Lipinski definition) is 7. The highest BCUT2D eigenvalue weighted by Gasteiger charge is 2.72. The fraction of sp³-hybridized carbons (Fsp3) is 0.600. The molecule has 1 N–H and O–H groups in total. The topological polar surface area (TPSA) is 91.3 Å². The molecular formula is C15H16O7. The van der Waals surface area contributed by atoms with Gasteiger partial charge in [-0.25, -0.2) is 4.79 Å². The summed E-state index contributed by atoms with van der Waals surface area (Å²) in [6, 6.07) is 0. The fourth-order valence-electron chi connectivity index (χ4n) is 4.12. The van der Waals surface area contributed by atoms with Crippen LogP contribution in [0.1, 0.15) is 6.92 Å². The number of aliphatic hydroxyl groups excluding tert-OH is 1. The Balaban J connectivity index is 1.76. The molecule has 7 heteroatoms. The van der Waals surface area contributed by atoms with Gasteiger partial charge >= 0.3 is 11.9 Å². The molecule has 3 aliphatic heterocycles. The Bertz CT molecular complexity index is 609. The zero-order valence-corrected chi connectivity index (χ0v) is 12.1. The molecule has 1 aliphatic carbocycles. The standard InChI is InChI=1S/C15H16O7/c1-3-6-10-15(22-11(6)16)5-4-7-8(12(17)19-2)13(18)21-14(20-10)9(7)15/h3-5,7-10,13-14,18H,1-2H3/b6-3+. The van der Waals surface area contributed by atoms with Crippen molar-refractivity contribution in [3.05, 3.63) is 23.8 Å². The van der Waals surface area contributed by atoms with Crippen LogP contribution in [0.5, 0.6) is 0 Å². The number of allylic oxidation sites excluding steroid dienone is 2. The van der Waals surface area contributed by atoms with Crippen molar-refractivity contribution in [3.63, 3.8) is 0 Å². The second kappa shape index (κ2) is 4.41. The van der Waals surface area contributed by atoms with Gasteiger partial charge in [0.1, 0.15) is 12.0 Å². The summed E-state index contributed by atoms with van der Waals surface area (Å²) >= 11 is 0. The third kappa shape index (κ3) is 1.46. The van der Waals surface area contributed by atoms with Crippen LogP contribution in [0.3, 0.4) is 0 Å². The van der Waals surface area contributed by atoms with Gasteiger partial charge in [-0.2, -0.15) is 0 Å². The molecule has 7 unspecified atom stereocenters. The summed E-state index contributed by atoms with van der Waals surface area (Å²) in [6.45, 7) is 1.74. The first-order valence-electron chi connectivity index (χ1n) is 7.19. The summed E-state index contributed by atoms with van der Waals surface area (Å²) in [7, 11) is 1.26. The minimum Gasteiger partial charge on any atom is -0.469 e. The van der Waals surface area contributed by atoms with E-state index in [-0.39, 0.29) is 11.8 Å². The van der Waals surface area contributed by atoms with Crippen molar-refractivity contribution >= 4 is 11.9 Å². The molecule has 0 amide bonds. The minimum atomic E-state index is -1.32. The normalized spacial score (nSPS) is 50.0. The van der Waals surface area contributed by atoms with Gasteiger partial charge in [-0.15, -0.1) is 0 Å². The van der Waals surface area contributed by atoms with Crippen LogP contribution in [0.15, 0.2) is 23.8 Å². The SMILES string of the molecule is C/C=C1/C(=O)OC23C=CC4C(C(=O)OC)C(O)OC(OC12)C43. The summed E-state index contributed by atoms with van der Waals surface area (Å²) in [5, 5.41) is 10.1. The zero-order chi connectivity index (χ0) is 15.6. The maximum atomic E-state index is 12.0. The van der Waals surface area contributed by atoms with E-state index in [0.717, 1.165) is 0 Å². The molecule has 3 heterocycles. The van der Waals surface area contributed by atoms with Crippen molar-refractivity contribution in [1.29, 1.82) is 0 Å². The van der Waals surface area contributed by atoms with E-state index in [1.807, 2.05) is 0 Å². The first-order chi connectivity index (χ1) is 10.5. The quantitative estimate of drug-likeness (QED) is 0.410. The second-order valence-corrected chi connectivity index (χ2v) is 5.91. The van der Waals surface area contributed by atoms with Crippen LogP contribution in [0.25, 0.3) is 0 Å². The van der Waals surface area contributed by atoms with Gasteiger partial charge < -0.3 is 24.1 Å². The number of methoxy groups -OCH3 is 1. The molecule has 118 valence electrons. The lowest BCUT2D eigenvalue weighted by Crippen LogP contribution is -2.52. The average Bonchev–Trinajstić information content (AvgIpc) is 3.07. The molecule has 0 bridgehead atoms. The van der Waals surface area contributed by atoms with Gasteiger partial charge in [-0.1, -0.05) is 12.2 Å². The number of aliphatic hydroxyl groups is 1. The van der Waals surface area contributed by atoms with E-state index in [0.29, 0.717) is 5.57 Å². The second-order valence-electron chi connectivity index (χ2n) is 5.91. The predicted molar refractivity (Wildman–Crippen MR) is 70.0 cm³/mol. The molecule has 4 aliphatic rings. The van der Waals surface area contributed by atoms with Gasteiger partial charge in [0.25, 0.3) is 0 Å². The molecule has 0 aromatic carbocycles. The van der Waals surface area contributed by atoms with Crippen LogP contribution in [0, 0.1) is 17.8 Å². The summed E-state index contributed by atoms with van der Waals surface area (Å²) in [4.78, 5) is 24.0. The lowest BCUT2D eigenvalue weighted by molar-refractivity contribution is -0.284. The third-order valence-corrected chi connectivity index (χ3v) is 5.06. The highest BCUT2D eigenvalue weighted by atomic mass is 16.8. The summed E-state index contributed by atoms with van der Waals surface area (Å²) in [5.74, 6) is -2.58. The predicted octanol–water partition coefficient (Wildman–Crippen LogP) is -0.107. The van der Waals surface area contributed by atoms with E-state index in [2.05, 4.69) is 0 Å². The molecule has 0 aromatic heterocycles. The number of hydrogen-bond donors (Lipinski definition) is 1. The smallest absolute Gasteiger partial charge is 0.337 e. The molecule has 7 atom stereocenters.